The van der Waals surface area contributed by atoms with E-state index in [4.69, 9.17) is 23.2 Å². The first-order valence-corrected chi connectivity index (χ1v) is 2.93. The molecule has 0 atom stereocenters. The minimum atomic E-state index is -0.508. The smallest absolute Gasteiger partial charge is 0.236 e. The van der Waals surface area contributed by atoms with E-state index < -0.39 is 5.24 Å². The van der Waals surface area contributed by atoms with Gasteiger partial charge in [0, 0.05) is 0 Å². The molecule has 0 heterocycles. The fourth-order valence-corrected chi connectivity index (χ4v) is 0. The fraction of sp³-hybridized carbons (Fsp3) is 0.750. The Morgan fingerprint density at radius 1 is 1.57 bits per heavy atom. The quantitative estimate of drug-likeness (QED) is 0.405. The van der Waals surface area contributed by atoms with E-state index in [9.17, 15) is 4.79 Å². The van der Waals surface area contributed by atoms with Crippen molar-refractivity contribution >= 4 is 28.4 Å². The molecule has 0 spiro atoms. The molecule has 0 aromatic carbocycles. The molecule has 0 saturated carbocycles. The lowest BCUT2D eigenvalue weighted by molar-refractivity contribution is -0.109. The monoisotopic (exact) mass is 142 g/mol. The van der Waals surface area contributed by atoms with Gasteiger partial charge in [0.2, 0.25) is 5.24 Å². The van der Waals surface area contributed by atoms with Crippen LogP contribution in [0.1, 0.15) is 13.8 Å². The van der Waals surface area contributed by atoms with E-state index in [1.165, 1.54) is 0 Å². The van der Waals surface area contributed by atoms with Crippen molar-refractivity contribution in [2.24, 2.45) is 0 Å². The number of alkyl halides is 1. The van der Waals surface area contributed by atoms with Crippen LogP contribution in [0.5, 0.6) is 0 Å². The molecular formula is C4H8Cl2O. The molecule has 0 aromatic rings. The maximum absolute atomic E-state index is 9.45. The van der Waals surface area contributed by atoms with E-state index in [1.807, 2.05) is 13.8 Å². The largest absolute Gasteiger partial charge is 0.280 e. The molecule has 0 unspecified atom stereocenters. The zero-order chi connectivity index (χ0) is 6.28. The van der Waals surface area contributed by atoms with E-state index in [0.29, 0.717) is 0 Å². The van der Waals surface area contributed by atoms with Crippen molar-refractivity contribution in [2.45, 2.75) is 13.8 Å². The highest BCUT2D eigenvalue weighted by Crippen LogP contribution is 1.80. The topological polar surface area (TPSA) is 17.1 Å². The lowest BCUT2D eigenvalue weighted by Gasteiger charge is -1.65. The molecule has 0 rings (SSSR count). The number of rotatable bonds is 1. The van der Waals surface area contributed by atoms with Crippen molar-refractivity contribution in [2.75, 3.05) is 5.88 Å². The molecule has 0 aromatic heterocycles. The molecule has 0 radical (unpaired) electrons. The Balaban J connectivity index is 0. The molecule has 0 bridgehead atoms. The van der Waals surface area contributed by atoms with Crippen LogP contribution in [0.4, 0.5) is 0 Å². The minimum Gasteiger partial charge on any atom is -0.280 e. The van der Waals surface area contributed by atoms with Gasteiger partial charge in [0.1, 0.15) is 0 Å². The van der Waals surface area contributed by atoms with Gasteiger partial charge in [-0.3, -0.25) is 4.79 Å². The van der Waals surface area contributed by atoms with Gasteiger partial charge >= 0.3 is 0 Å². The van der Waals surface area contributed by atoms with Crippen LogP contribution >= 0.6 is 23.2 Å². The summed E-state index contributed by atoms with van der Waals surface area (Å²) in [5.74, 6) is -0.0957. The summed E-state index contributed by atoms with van der Waals surface area (Å²) in [4.78, 5) is 9.45. The highest BCUT2D eigenvalue weighted by molar-refractivity contribution is 6.67. The Morgan fingerprint density at radius 2 is 1.71 bits per heavy atom. The summed E-state index contributed by atoms with van der Waals surface area (Å²) in [5.41, 5.74) is 0. The average molecular weight is 143 g/mol. The Kier molecular flexibility index (Phi) is 14.0. The second-order valence-corrected chi connectivity index (χ2v) is 1.18. The summed E-state index contributed by atoms with van der Waals surface area (Å²) in [7, 11) is 0. The van der Waals surface area contributed by atoms with Crippen LogP contribution in [-0.2, 0) is 4.79 Å². The molecule has 0 amide bonds. The zero-order valence-electron chi connectivity index (χ0n) is 4.37. The standard InChI is InChI=1S/C2H2Cl2O.C2H6/c3-1-2(4)5;1-2/h1H2;1-2H3. The highest BCUT2D eigenvalue weighted by atomic mass is 35.5. The van der Waals surface area contributed by atoms with Crippen LogP contribution in [0.2, 0.25) is 0 Å². The first-order chi connectivity index (χ1) is 3.27. The van der Waals surface area contributed by atoms with Crippen molar-refractivity contribution < 1.29 is 4.79 Å². The fourth-order valence-electron chi connectivity index (χ4n) is 0. The molecule has 0 aliphatic heterocycles. The van der Waals surface area contributed by atoms with Gasteiger partial charge in [-0.05, 0) is 11.6 Å². The summed E-state index contributed by atoms with van der Waals surface area (Å²) in [6, 6.07) is 0. The molecule has 0 aliphatic rings. The molecule has 3 heteroatoms. The molecule has 1 nitrogen and oxygen atoms in total. The third kappa shape index (κ3) is 22.3. The lowest BCUT2D eigenvalue weighted by atomic mass is 10.9. The molecule has 7 heavy (non-hydrogen) atoms. The summed E-state index contributed by atoms with van der Waals surface area (Å²) in [6.45, 7) is 4.00. The van der Waals surface area contributed by atoms with E-state index in [0.717, 1.165) is 0 Å². The first-order valence-electron chi connectivity index (χ1n) is 2.01. The van der Waals surface area contributed by atoms with Crippen molar-refractivity contribution in [3.05, 3.63) is 0 Å². The predicted molar refractivity (Wildman–Crippen MR) is 32.9 cm³/mol. The van der Waals surface area contributed by atoms with E-state index in [2.05, 4.69) is 0 Å². The summed E-state index contributed by atoms with van der Waals surface area (Å²) in [5, 5.41) is -0.508. The Bertz CT molecular complexity index is 45.0. The highest BCUT2D eigenvalue weighted by Gasteiger charge is 1.83. The molecular weight excluding hydrogens is 135 g/mol. The Morgan fingerprint density at radius 3 is 1.71 bits per heavy atom. The molecule has 0 saturated heterocycles. The third-order valence-electron chi connectivity index (χ3n) is 0.105. The number of halogens is 2. The Hall–Kier alpha value is 0.250. The zero-order valence-corrected chi connectivity index (χ0v) is 5.88. The van der Waals surface area contributed by atoms with Crippen LogP contribution in [-0.4, -0.2) is 11.1 Å². The van der Waals surface area contributed by atoms with Crippen LogP contribution in [0.3, 0.4) is 0 Å². The van der Waals surface area contributed by atoms with Gasteiger partial charge in [0.25, 0.3) is 0 Å². The SMILES string of the molecule is CC.O=C(Cl)CCl. The van der Waals surface area contributed by atoms with E-state index in [1.54, 1.807) is 0 Å². The van der Waals surface area contributed by atoms with Crippen molar-refractivity contribution in [1.82, 2.24) is 0 Å². The molecule has 0 aliphatic carbocycles. The second-order valence-electron chi connectivity index (χ2n) is 0.489. The van der Waals surface area contributed by atoms with Crippen LogP contribution in [0.15, 0.2) is 0 Å². The third-order valence-corrected chi connectivity index (χ3v) is 0.618. The number of hydrogen-bond acceptors (Lipinski definition) is 1. The van der Waals surface area contributed by atoms with E-state index in [-0.39, 0.29) is 5.88 Å². The van der Waals surface area contributed by atoms with Gasteiger partial charge in [-0.15, -0.1) is 11.6 Å². The van der Waals surface area contributed by atoms with Crippen molar-refractivity contribution in [3.8, 4) is 0 Å². The number of hydrogen-bond donors (Lipinski definition) is 0. The molecule has 0 N–H and O–H groups in total. The number of carbonyl (C=O) groups is 1. The second kappa shape index (κ2) is 9.54. The van der Waals surface area contributed by atoms with Crippen LogP contribution < -0.4 is 0 Å². The summed E-state index contributed by atoms with van der Waals surface area (Å²) in [6.07, 6.45) is 0. The lowest BCUT2D eigenvalue weighted by Crippen LogP contribution is -1.81. The predicted octanol–water partition coefficient (Wildman–Crippen LogP) is 2.02. The maximum atomic E-state index is 9.45. The van der Waals surface area contributed by atoms with Gasteiger partial charge < -0.3 is 0 Å². The van der Waals surface area contributed by atoms with Crippen molar-refractivity contribution in [3.63, 3.8) is 0 Å². The Labute approximate surface area is 53.6 Å². The van der Waals surface area contributed by atoms with Gasteiger partial charge in [-0.1, -0.05) is 13.8 Å². The van der Waals surface area contributed by atoms with Crippen LogP contribution in [0, 0.1) is 0 Å². The van der Waals surface area contributed by atoms with Gasteiger partial charge in [-0.25, -0.2) is 0 Å². The van der Waals surface area contributed by atoms with Gasteiger partial charge in [0.05, 0.1) is 5.88 Å². The molecule has 44 valence electrons. The van der Waals surface area contributed by atoms with E-state index >= 15 is 0 Å². The normalized spacial score (nSPS) is 6.29. The van der Waals surface area contributed by atoms with Gasteiger partial charge in [-0.2, -0.15) is 0 Å². The average Bonchev–Trinajstić information content (AvgIpc) is 1.73. The minimum absolute atomic E-state index is 0.0957. The molecule has 0 fully saturated rings. The summed E-state index contributed by atoms with van der Waals surface area (Å²) < 4.78 is 0. The maximum Gasteiger partial charge on any atom is 0.236 e. The summed E-state index contributed by atoms with van der Waals surface area (Å²) >= 11 is 9.55. The van der Waals surface area contributed by atoms with Crippen molar-refractivity contribution in [1.29, 1.82) is 0 Å². The van der Waals surface area contributed by atoms with Crippen LogP contribution in [0.25, 0.3) is 0 Å². The number of carbonyl (C=O) groups excluding carboxylic acids is 1. The first kappa shape index (κ1) is 10.3. The van der Waals surface area contributed by atoms with Gasteiger partial charge in [0.15, 0.2) is 0 Å².